The molecule has 3 rings (SSSR count). The molecule has 0 spiro atoms. The Morgan fingerprint density at radius 1 is 1.44 bits per heavy atom. The van der Waals surface area contributed by atoms with Gasteiger partial charge in [-0.25, -0.2) is 0 Å². The van der Waals surface area contributed by atoms with E-state index >= 15 is 0 Å². The number of carbonyl (C=O) groups is 2. The van der Waals surface area contributed by atoms with Crippen molar-refractivity contribution in [2.45, 2.75) is 25.8 Å². The van der Waals surface area contributed by atoms with Crippen LogP contribution < -0.4 is 5.32 Å². The van der Waals surface area contributed by atoms with Gasteiger partial charge in [0, 0.05) is 17.9 Å². The van der Waals surface area contributed by atoms with E-state index in [1.807, 2.05) is 12.1 Å². The van der Waals surface area contributed by atoms with Crippen molar-refractivity contribution in [3.63, 3.8) is 0 Å². The van der Waals surface area contributed by atoms with E-state index in [1.165, 1.54) is 6.92 Å². The summed E-state index contributed by atoms with van der Waals surface area (Å²) >= 11 is 0. The minimum absolute atomic E-state index is 0.0234. The monoisotopic (exact) mass is 243 g/mol. The topological polar surface area (TPSA) is 59.3 Å². The second-order valence-electron chi connectivity index (χ2n) is 4.62. The highest BCUT2D eigenvalue weighted by Gasteiger charge is 2.28. The van der Waals surface area contributed by atoms with Crippen LogP contribution in [0.2, 0.25) is 0 Å². The highest BCUT2D eigenvalue weighted by atomic mass is 16.3. The molecule has 0 fully saturated rings. The summed E-state index contributed by atoms with van der Waals surface area (Å²) in [4.78, 5) is 23.3. The predicted octanol–water partition coefficient (Wildman–Crippen LogP) is 2.07. The lowest BCUT2D eigenvalue weighted by Gasteiger charge is -2.23. The first-order valence-corrected chi connectivity index (χ1v) is 5.96. The maximum atomic E-state index is 12.3. The van der Waals surface area contributed by atoms with Gasteiger partial charge < -0.3 is 9.73 Å². The van der Waals surface area contributed by atoms with E-state index in [4.69, 9.17) is 4.42 Å². The molecule has 1 unspecified atom stereocenters. The van der Waals surface area contributed by atoms with Gasteiger partial charge >= 0.3 is 0 Å². The first-order valence-electron chi connectivity index (χ1n) is 5.96. The lowest BCUT2D eigenvalue weighted by molar-refractivity contribution is -0.119. The minimum Gasteiger partial charge on any atom is -0.464 e. The van der Waals surface area contributed by atoms with Gasteiger partial charge in [0.15, 0.2) is 5.78 Å². The number of hydrogen-bond donors (Lipinski definition) is 1. The van der Waals surface area contributed by atoms with E-state index < -0.39 is 6.04 Å². The van der Waals surface area contributed by atoms with E-state index in [1.54, 1.807) is 12.3 Å². The molecule has 0 saturated carbocycles. The third-order valence-corrected chi connectivity index (χ3v) is 3.34. The molecular formula is C14H13NO3. The molecule has 0 saturated heterocycles. The van der Waals surface area contributed by atoms with Gasteiger partial charge in [0.25, 0.3) is 0 Å². The summed E-state index contributed by atoms with van der Waals surface area (Å²) < 4.78 is 5.31. The molecule has 1 amide bonds. The zero-order chi connectivity index (χ0) is 12.7. The van der Waals surface area contributed by atoms with Crippen LogP contribution in [-0.4, -0.2) is 17.7 Å². The number of nitrogens with one attached hydrogen (secondary N) is 1. The Morgan fingerprint density at radius 2 is 2.28 bits per heavy atom. The van der Waals surface area contributed by atoms with Crippen LogP contribution in [0.1, 0.15) is 29.3 Å². The first kappa shape index (κ1) is 11.0. The molecule has 1 atom stereocenters. The SMILES string of the molecule is CC(=O)NC1CCc2cc3ccoc3cc2C1=O. The standard InChI is InChI=1S/C14H13NO3/c1-8(16)15-12-3-2-9-6-10-4-5-18-13(10)7-11(9)14(12)17/h4-7,12H,2-3H2,1H3,(H,15,16). The number of hydrogen-bond acceptors (Lipinski definition) is 3. The number of ketones is 1. The Bertz CT molecular complexity index is 642. The molecular weight excluding hydrogens is 230 g/mol. The summed E-state index contributed by atoms with van der Waals surface area (Å²) in [5.41, 5.74) is 2.42. The number of rotatable bonds is 1. The molecule has 92 valence electrons. The molecule has 0 aliphatic heterocycles. The Labute approximate surface area is 104 Å². The average molecular weight is 243 g/mol. The quantitative estimate of drug-likeness (QED) is 0.834. The number of aryl methyl sites for hydroxylation is 1. The van der Waals surface area contributed by atoms with Gasteiger partial charge in [-0.2, -0.15) is 0 Å². The third-order valence-electron chi connectivity index (χ3n) is 3.34. The summed E-state index contributed by atoms with van der Waals surface area (Å²) in [6.45, 7) is 1.43. The maximum absolute atomic E-state index is 12.3. The number of fused-ring (bicyclic) bond motifs is 2. The van der Waals surface area contributed by atoms with Crippen LogP contribution in [0.3, 0.4) is 0 Å². The second kappa shape index (κ2) is 3.98. The van der Waals surface area contributed by atoms with E-state index in [0.717, 1.165) is 17.4 Å². The summed E-state index contributed by atoms with van der Waals surface area (Å²) in [5.74, 6) is -0.194. The molecule has 1 aliphatic rings. The maximum Gasteiger partial charge on any atom is 0.217 e. The molecule has 2 aromatic rings. The van der Waals surface area contributed by atoms with Crippen molar-refractivity contribution in [3.8, 4) is 0 Å². The van der Waals surface area contributed by atoms with Gasteiger partial charge in [-0.3, -0.25) is 9.59 Å². The fraction of sp³-hybridized carbons (Fsp3) is 0.286. The van der Waals surface area contributed by atoms with E-state index in [0.29, 0.717) is 17.6 Å². The molecule has 1 heterocycles. The van der Waals surface area contributed by atoms with Crippen LogP contribution in [0, 0.1) is 0 Å². The van der Waals surface area contributed by atoms with Crippen LogP contribution in [0.25, 0.3) is 11.0 Å². The highest BCUT2D eigenvalue weighted by molar-refractivity contribution is 6.06. The molecule has 4 nitrogen and oxygen atoms in total. The third kappa shape index (κ3) is 1.70. The molecule has 4 heteroatoms. The van der Waals surface area contributed by atoms with Crippen molar-refractivity contribution in [1.82, 2.24) is 5.32 Å². The van der Waals surface area contributed by atoms with Crippen molar-refractivity contribution in [2.75, 3.05) is 0 Å². The molecule has 1 N–H and O–H groups in total. The van der Waals surface area contributed by atoms with Crippen LogP contribution in [0.4, 0.5) is 0 Å². The molecule has 0 radical (unpaired) electrons. The summed E-state index contributed by atoms with van der Waals surface area (Å²) in [7, 11) is 0. The smallest absolute Gasteiger partial charge is 0.217 e. The Hall–Kier alpha value is -2.10. The second-order valence-corrected chi connectivity index (χ2v) is 4.62. The van der Waals surface area contributed by atoms with Crippen molar-refractivity contribution < 1.29 is 14.0 Å². The van der Waals surface area contributed by atoms with Crippen molar-refractivity contribution in [2.24, 2.45) is 0 Å². The molecule has 0 bridgehead atoms. The lowest BCUT2D eigenvalue weighted by Crippen LogP contribution is -2.42. The number of carbonyl (C=O) groups excluding carboxylic acids is 2. The van der Waals surface area contributed by atoms with Crippen molar-refractivity contribution >= 4 is 22.7 Å². The van der Waals surface area contributed by atoms with Crippen LogP contribution >= 0.6 is 0 Å². The van der Waals surface area contributed by atoms with Crippen LogP contribution in [0.15, 0.2) is 28.9 Å². The number of Topliss-reactive ketones (excluding diaryl/α,β-unsaturated/α-hetero) is 1. The molecule has 18 heavy (non-hydrogen) atoms. The van der Waals surface area contributed by atoms with Gasteiger partial charge in [0.2, 0.25) is 5.91 Å². The van der Waals surface area contributed by atoms with Gasteiger partial charge in [-0.1, -0.05) is 0 Å². The summed E-state index contributed by atoms with van der Waals surface area (Å²) in [6.07, 6.45) is 3.08. The van der Waals surface area contributed by atoms with Gasteiger partial charge in [-0.05, 0) is 36.6 Å². The highest BCUT2D eigenvalue weighted by Crippen LogP contribution is 2.27. The number of benzene rings is 1. The fourth-order valence-electron chi connectivity index (χ4n) is 2.49. The number of furan rings is 1. The predicted molar refractivity (Wildman–Crippen MR) is 66.5 cm³/mol. The summed E-state index contributed by atoms with van der Waals surface area (Å²) in [6, 6.07) is 5.26. The van der Waals surface area contributed by atoms with E-state index in [2.05, 4.69) is 5.32 Å². The minimum atomic E-state index is -0.401. The normalized spacial score (nSPS) is 18.7. The lowest BCUT2D eigenvalue weighted by atomic mass is 9.86. The van der Waals surface area contributed by atoms with Crippen molar-refractivity contribution in [3.05, 3.63) is 35.6 Å². The van der Waals surface area contributed by atoms with Gasteiger partial charge in [0.1, 0.15) is 5.58 Å². The number of amides is 1. The average Bonchev–Trinajstić information content (AvgIpc) is 2.77. The van der Waals surface area contributed by atoms with E-state index in [9.17, 15) is 9.59 Å². The Balaban J connectivity index is 2.03. The van der Waals surface area contributed by atoms with E-state index in [-0.39, 0.29) is 11.7 Å². The zero-order valence-electron chi connectivity index (χ0n) is 10.0. The molecule has 1 aromatic heterocycles. The fourth-order valence-corrected chi connectivity index (χ4v) is 2.49. The zero-order valence-corrected chi connectivity index (χ0v) is 10.0. The summed E-state index contributed by atoms with van der Waals surface area (Å²) in [5, 5.41) is 3.71. The largest absolute Gasteiger partial charge is 0.464 e. The van der Waals surface area contributed by atoms with Crippen molar-refractivity contribution in [1.29, 1.82) is 0 Å². The molecule has 1 aliphatic carbocycles. The first-order chi connectivity index (χ1) is 8.65. The Morgan fingerprint density at radius 3 is 3.06 bits per heavy atom. The van der Waals surface area contributed by atoms with Crippen LogP contribution in [0.5, 0.6) is 0 Å². The van der Waals surface area contributed by atoms with Gasteiger partial charge in [0.05, 0.1) is 12.3 Å². The van der Waals surface area contributed by atoms with Gasteiger partial charge in [-0.15, -0.1) is 0 Å². The molecule has 1 aromatic carbocycles. The Kier molecular flexibility index (Phi) is 2.44. The van der Waals surface area contributed by atoms with Crippen LogP contribution in [-0.2, 0) is 11.2 Å².